The largest absolute Gasteiger partial charge is 0.296 e. The Morgan fingerprint density at radius 2 is 2.17 bits per heavy atom. The number of hydrogen-bond acceptors (Lipinski definition) is 2. The first-order chi connectivity index (χ1) is 8.56. The third-order valence-corrected chi connectivity index (χ3v) is 3.35. The van der Waals surface area contributed by atoms with Gasteiger partial charge in [0.15, 0.2) is 17.4 Å². The molecule has 0 N–H and O–H groups in total. The Morgan fingerprint density at radius 3 is 2.83 bits per heavy atom. The summed E-state index contributed by atoms with van der Waals surface area (Å²) in [6.45, 7) is 4.25. The van der Waals surface area contributed by atoms with Crippen LogP contribution in [0.25, 0.3) is 0 Å². The van der Waals surface area contributed by atoms with Gasteiger partial charge in [0.05, 0.1) is 6.54 Å². The Morgan fingerprint density at radius 1 is 1.39 bits per heavy atom. The standard InChI is InChI=1S/C14H17F2NO/c1-10-3-2-6-17(8-10)9-14(18)11-4-5-12(15)13(16)7-11/h4-5,7,10H,2-3,6,8-9H2,1H3. The summed E-state index contributed by atoms with van der Waals surface area (Å²) in [4.78, 5) is 14.0. The molecule has 98 valence electrons. The second-order valence-corrected chi connectivity index (χ2v) is 5.03. The van der Waals surface area contributed by atoms with Crippen LogP contribution in [0, 0.1) is 17.6 Å². The fourth-order valence-electron chi connectivity index (χ4n) is 2.39. The predicted molar refractivity (Wildman–Crippen MR) is 65.5 cm³/mol. The third kappa shape index (κ3) is 3.13. The molecule has 1 aromatic carbocycles. The normalized spacial score (nSPS) is 20.9. The first kappa shape index (κ1) is 13.1. The van der Waals surface area contributed by atoms with Crippen LogP contribution in [-0.2, 0) is 0 Å². The van der Waals surface area contributed by atoms with Crippen molar-refractivity contribution in [2.24, 2.45) is 5.92 Å². The van der Waals surface area contributed by atoms with Crippen molar-refractivity contribution in [3.05, 3.63) is 35.4 Å². The van der Waals surface area contributed by atoms with E-state index in [1.165, 1.54) is 12.5 Å². The van der Waals surface area contributed by atoms with Crippen LogP contribution in [0.2, 0.25) is 0 Å². The summed E-state index contributed by atoms with van der Waals surface area (Å²) in [7, 11) is 0. The van der Waals surface area contributed by atoms with Gasteiger partial charge in [-0.2, -0.15) is 0 Å². The van der Waals surface area contributed by atoms with Crippen molar-refractivity contribution in [1.82, 2.24) is 4.90 Å². The molecule has 0 bridgehead atoms. The second-order valence-electron chi connectivity index (χ2n) is 5.03. The van der Waals surface area contributed by atoms with E-state index in [0.29, 0.717) is 5.92 Å². The third-order valence-electron chi connectivity index (χ3n) is 3.35. The lowest BCUT2D eigenvalue weighted by Crippen LogP contribution is -2.38. The molecule has 1 aliphatic heterocycles. The lowest BCUT2D eigenvalue weighted by molar-refractivity contribution is 0.0892. The highest BCUT2D eigenvalue weighted by Crippen LogP contribution is 2.16. The van der Waals surface area contributed by atoms with E-state index in [0.717, 1.165) is 31.6 Å². The molecule has 2 nitrogen and oxygen atoms in total. The molecule has 0 aromatic heterocycles. The second kappa shape index (κ2) is 5.57. The minimum Gasteiger partial charge on any atom is -0.296 e. The van der Waals surface area contributed by atoms with Crippen LogP contribution < -0.4 is 0 Å². The number of piperidine rings is 1. The number of likely N-dealkylation sites (tertiary alicyclic amines) is 1. The molecule has 1 atom stereocenters. The number of rotatable bonds is 3. The topological polar surface area (TPSA) is 20.3 Å². The summed E-state index contributed by atoms with van der Waals surface area (Å²) in [5.41, 5.74) is 0.243. The number of carbonyl (C=O) groups is 1. The van der Waals surface area contributed by atoms with Crippen LogP contribution in [0.1, 0.15) is 30.1 Å². The number of halogens is 2. The van der Waals surface area contributed by atoms with E-state index in [9.17, 15) is 13.6 Å². The van der Waals surface area contributed by atoms with Crippen molar-refractivity contribution in [2.75, 3.05) is 19.6 Å². The molecular weight excluding hydrogens is 236 g/mol. The van der Waals surface area contributed by atoms with Crippen LogP contribution >= 0.6 is 0 Å². The van der Waals surface area contributed by atoms with Gasteiger partial charge in [0.25, 0.3) is 0 Å². The van der Waals surface area contributed by atoms with Gasteiger partial charge in [-0.05, 0) is 43.5 Å². The van der Waals surface area contributed by atoms with Crippen molar-refractivity contribution in [1.29, 1.82) is 0 Å². The van der Waals surface area contributed by atoms with E-state index >= 15 is 0 Å². The number of benzene rings is 1. The number of Topliss-reactive ketones (excluding diaryl/α,β-unsaturated/α-hetero) is 1. The average molecular weight is 253 g/mol. The Balaban J connectivity index is 2.00. The van der Waals surface area contributed by atoms with Crippen molar-refractivity contribution < 1.29 is 13.6 Å². The summed E-state index contributed by atoms with van der Waals surface area (Å²) >= 11 is 0. The molecule has 0 aliphatic carbocycles. The molecule has 1 heterocycles. The van der Waals surface area contributed by atoms with E-state index in [1.807, 2.05) is 0 Å². The molecule has 0 saturated carbocycles. The van der Waals surface area contributed by atoms with Crippen molar-refractivity contribution >= 4 is 5.78 Å². The van der Waals surface area contributed by atoms with Crippen molar-refractivity contribution in [2.45, 2.75) is 19.8 Å². The van der Waals surface area contributed by atoms with E-state index in [4.69, 9.17) is 0 Å². The maximum absolute atomic E-state index is 13.0. The summed E-state index contributed by atoms with van der Waals surface area (Å²) in [6, 6.07) is 3.32. The fourth-order valence-corrected chi connectivity index (χ4v) is 2.39. The van der Waals surface area contributed by atoms with Gasteiger partial charge in [-0.3, -0.25) is 9.69 Å². The Hall–Kier alpha value is -1.29. The number of ketones is 1. The molecule has 1 aliphatic rings. The van der Waals surface area contributed by atoms with Gasteiger partial charge >= 0.3 is 0 Å². The zero-order chi connectivity index (χ0) is 13.1. The van der Waals surface area contributed by atoms with Gasteiger partial charge < -0.3 is 0 Å². The van der Waals surface area contributed by atoms with Gasteiger partial charge in [0, 0.05) is 12.1 Å². The van der Waals surface area contributed by atoms with E-state index < -0.39 is 11.6 Å². The predicted octanol–water partition coefficient (Wildman–Crippen LogP) is 2.88. The molecule has 0 radical (unpaired) electrons. The summed E-state index contributed by atoms with van der Waals surface area (Å²) in [6.07, 6.45) is 2.28. The quantitative estimate of drug-likeness (QED) is 0.772. The zero-order valence-corrected chi connectivity index (χ0v) is 10.5. The molecule has 1 aromatic rings. The van der Waals surface area contributed by atoms with Crippen LogP contribution in [0.15, 0.2) is 18.2 Å². The SMILES string of the molecule is CC1CCCN(CC(=O)c2ccc(F)c(F)c2)C1. The summed E-state index contributed by atoms with van der Waals surface area (Å²) in [5.74, 6) is -1.44. The van der Waals surface area contributed by atoms with Gasteiger partial charge in [-0.25, -0.2) is 8.78 Å². The summed E-state index contributed by atoms with van der Waals surface area (Å²) < 4.78 is 25.8. The van der Waals surface area contributed by atoms with Crippen LogP contribution in [-0.4, -0.2) is 30.3 Å². The lowest BCUT2D eigenvalue weighted by Gasteiger charge is -2.30. The van der Waals surface area contributed by atoms with Gasteiger partial charge in [0.2, 0.25) is 0 Å². The molecular formula is C14H17F2NO. The molecule has 1 unspecified atom stereocenters. The number of carbonyl (C=O) groups excluding carboxylic acids is 1. The first-order valence-corrected chi connectivity index (χ1v) is 6.27. The Kier molecular flexibility index (Phi) is 4.07. The molecule has 0 spiro atoms. The average Bonchev–Trinajstić information content (AvgIpc) is 2.32. The molecule has 1 fully saturated rings. The minimum atomic E-state index is -0.965. The van der Waals surface area contributed by atoms with Crippen LogP contribution in [0.4, 0.5) is 8.78 Å². The molecule has 0 amide bonds. The Labute approximate surface area is 106 Å². The zero-order valence-electron chi connectivity index (χ0n) is 10.5. The smallest absolute Gasteiger partial charge is 0.176 e. The minimum absolute atomic E-state index is 0.150. The van der Waals surface area contributed by atoms with Crippen LogP contribution in [0.3, 0.4) is 0 Å². The highest BCUT2D eigenvalue weighted by Gasteiger charge is 2.19. The maximum atomic E-state index is 13.0. The van der Waals surface area contributed by atoms with Crippen molar-refractivity contribution in [3.8, 4) is 0 Å². The highest BCUT2D eigenvalue weighted by molar-refractivity contribution is 5.97. The van der Waals surface area contributed by atoms with E-state index in [2.05, 4.69) is 11.8 Å². The summed E-state index contributed by atoms with van der Waals surface area (Å²) in [5, 5.41) is 0. The maximum Gasteiger partial charge on any atom is 0.176 e. The molecule has 2 rings (SSSR count). The molecule has 18 heavy (non-hydrogen) atoms. The number of hydrogen-bond donors (Lipinski definition) is 0. The van der Waals surface area contributed by atoms with Crippen molar-refractivity contribution in [3.63, 3.8) is 0 Å². The lowest BCUT2D eigenvalue weighted by atomic mass is 9.99. The monoisotopic (exact) mass is 253 g/mol. The van der Waals surface area contributed by atoms with Crippen LogP contribution in [0.5, 0.6) is 0 Å². The Bertz CT molecular complexity index is 447. The number of nitrogens with zero attached hydrogens (tertiary/aromatic N) is 1. The molecule has 4 heteroatoms. The fraction of sp³-hybridized carbons (Fsp3) is 0.500. The van der Waals surface area contributed by atoms with E-state index in [1.54, 1.807) is 0 Å². The van der Waals surface area contributed by atoms with Gasteiger partial charge in [0.1, 0.15) is 0 Å². The first-order valence-electron chi connectivity index (χ1n) is 6.27. The van der Waals surface area contributed by atoms with Gasteiger partial charge in [-0.15, -0.1) is 0 Å². The molecule has 1 saturated heterocycles. The van der Waals surface area contributed by atoms with E-state index in [-0.39, 0.29) is 17.9 Å². The van der Waals surface area contributed by atoms with Gasteiger partial charge in [-0.1, -0.05) is 6.92 Å². The highest BCUT2D eigenvalue weighted by atomic mass is 19.2.